The van der Waals surface area contributed by atoms with Gasteiger partial charge in [-0.15, -0.1) is 11.3 Å². The summed E-state index contributed by atoms with van der Waals surface area (Å²) < 4.78 is 11.4. The first kappa shape index (κ1) is 20.1. The van der Waals surface area contributed by atoms with Gasteiger partial charge in [0.2, 0.25) is 0 Å². The van der Waals surface area contributed by atoms with Gasteiger partial charge < -0.3 is 9.47 Å². The van der Waals surface area contributed by atoms with Crippen molar-refractivity contribution in [2.45, 2.75) is 45.6 Å². The molecule has 2 aromatic rings. The fraction of sp³-hybridized carbons (Fsp3) is 0.474. The quantitative estimate of drug-likeness (QED) is 0.785. The van der Waals surface area contributed by atoms with Crippen molar-refractivity contribution in [2.75, 3.05) is 18.4 Å². The third-order valence-corrected chi connectivity index (χ3v) is 5.22. The molecule has 8 heteroatoms. The molecule has 1 amide bonds. The summed E-state index contributed by atoms with van der Waals surface area (Å²) in [5.41, 5.74) is 0.947. The highest BCUT2D eigenvalue weighted by Gasteiger charge is 2.23. The molecule has 1 saturated heterocycles. The normalized spacial score (nSPS) is 21.6. The Bertz CT molecular complexity index is 758. The summed E-state index contributed by atoms with van der Waals surface area (Å²) in [6.45, 7) is 8.39. The van der Waals surface area contributed by atoms with E-state index in [1.165, 1.54) is 11.3 Å². The molecular weight excluding hydrogens is 386 g/mol. The second-order valence-corrected chi connectivity index (χ2v) is 8.09. The monoisotopic (exact) mass is 409 g/mol. The molecule has 27 heavy (non-hydrogen) atoms. The molecule has 3 atom stereocenters. The average Bonchev–Trinajstić information content (AvgIpc) is 3.02. The molecule has 0 saturated carbocycles. The number of rotatable bonds is 6. The number of hydrogen-bond acceptors (Lipinski definition) is 6. The van der Waals surface area contributed by atoms with Crippen LogP contribution in [0.1, 0.15) is 26.5 Å². The van der Waals surface area contributed by atoms with Crippen LogP contribution in [0.15, 0.2) is 29.6 Å². The second-order valence-electron chi connectivity index (χ2n) is 6.80. The number of amides is 1. The van der Waals surface area contributed by atoms with Gasteiger partial charge in [0.1, 0.15) is 5.75 Å². The van der Waals surface area contributed by atoms with Crippen molar-refractivity contribution in [3.05, 3.63) is 40.4 Å². The number of hydrogen-bond donors (Lipinski definition) is 1. The number of thiazole rings is 1. The molecule has 0 radical (unpaired) electrons. The van der Waals surface area contributed by atoms with E-state index in [-0.39, 0.29) is 18.1 Å². The minimum Gasteiger partial charge on any atom is -0.481 e. The number of aromatic nitrogens is 1. The van der Waals surface area contributed by atoms with Gasteiger partial charge in [-0.05, 0) is 45.0 Å². The van der Waals surface area contributed by atoms with E-state index >= 15 is 0 Å². The third kappa shape index (κ3) is 5.90. The van der Waals surface area contributed by atoms with Gasteiger partial charge in [-0.3, -0.25) is 15.0 Å². The molecule has 0 unspecified atom stereocenters. The van der Waals surface area contributed by atoms with Crippen LogP contribution in [0, 0.1) is 0 Å². The first-order valence-electron chi connectivity index (χ1n) is 8.94. The first-order chi connectivity index (χ1) is 12.9. The smallest absolute Gasteiger partial charge is 0.266 e. The van der Waals surface area contributed by atoms with Gasteiger partial charge in [0, 0.05) is 30.0 Å². The van der Waals surface area contributed by atoms with E-state index in [1.54, 1.807) is 31.2 Å². The number of ether oxygens (including phenoxy) is 2. The van der Waals surface area contributed by atoms with E-state index in [4.69, 9.17) is 21.1 Å². The van der Waals surface area contributed by atoms with Crippen molar-refractivity contribution in [1.29, 1.82) is 0 Å². The van der Waals surface area contributed by atoms with Gasteiger partial charge in [-0.25, -0.2) is 4.98 Å². The van der Waals surface area contributed by atoms with Crippen LogP contribution in [0.2, 0.25) is 5.02 Å². The van der Waals surface area contributed by atoms with Gasteiger partial charge in [-0.1, -0.05) is 11.6 Å². The zero-order chi connectivity index (χ0) is 19.4. The van der Waals surface area contributed by atoms with Crippen molar-refractivity contribution in [1.82, 2.24) is 9.88 Å². The Morgan fingerprint density at radius 2 is 2.04 bits per heavy atom. The van der Waals surface area contributed by atoms with Crippen molar-refractivity contribution >= 4 is 34.0 Å². The number of morpholine rings is 1. The lowest BCUT2D eigenvalue weighted by molar-refractivity contribution is -0.122. The summed E-state index contributed by atoms with van der Waals surface area (Å²) in [5.74, 6) is 0.358. The Kier molecular flexibility index (Phi) is 6.70. The molecule has 1 aromatic carbocycles. The molecule has 1 aromatic heterocycles. The maximum atomic E-state index is 12.3. The Balaban J connectivity index is 1.52. The predicted molar refractivity (Wildman–Crippen MR) is 108 cm³/mol. The number of halogens is 1. The van der Waals surface area contributed by atoms with Crippen molar-refractivity contribution < 1.29 is 14.3 Å². The van der Waals surface area contributed by atoms with Gasteiger partial charge in [0.25, 0.3) is 5.91 Å². The minimum absolute atomic E-state index is 0.220. The van der Waals surface area contributed by atoms with E-state index in [2.05, 4.69) is 29.0 Å². The van der Waals surface area contributed by atoms with Crippen LogP contribution in [0.3, 0.4) is 0 Å². The van der Waals surface area contributed by atoms with Crippen LogP contribution in [0.25, 0.3) is 0 Å². The number of carbonyl (C=O) groups excluding carboxylic acids is 1. The van der Waals surface area contributed by atoms with Crippen LogP contribution < -0.4 is 10.1 Å². The zero-order valence-corrected chi connectivity index (χ0v) is 17.2. The summed E-state index contributed by atoms with van der Waals surface area (Å²) in [7, 11) is 0. The minimum atomic E-state index is -0.639. The van der Waals surface area contributed by atoms with Crippen molar-refractivity contribution in [3.8, 4) is 5.75 Å². The average molecular weight is 410 g/mol. The lowest BCUT2D eigenvalue weighted by atomic mass is 10.2. The molecule has 0 aliphatic carbocycles. The Morgan fingerprint density at radius 1 is 1.37 bits per heavy atom. The highest BCUT2D eigenvalue weighted by molar-refractivity contribution is 7.13. The summed E-state index contributed by atoms with van der Waals surface area (Å²) >= 11 is 7.27. The van der Waals surface area contributed by atoms with Gasteiger partial charge in [0.15, 0.2) is 11.2 Å². The lowest BCUT2D eigenvalue weighted by Crippen LogP contribution is -2.44. The van der Waals surface area contributed by atoms with Gasteiger partial charge in [0.05, 0.1) is 17.9 Å². The Hall–Kier alpha value is -1.67. The lowest BCUT2D eigenvalue weighted by Gasteiger charge is -2.34. The number of benzene rings is 1. The molecule has 2 heterocycles. The second kappa shape index (κ2) is 9.01. The van der Waals surface area contributed by atoms with Crippen LogP contribution in [0.5, 0.6) is 5.75 Å². The number of carbonyl (C=O) groups is 1. The molecule has 0 bridgehead atoms. The van der Waals surface area contributed by atoms with E-state index < -0.39 is 6.10 Å². The van der Waals surface area contributed by atoms with E-state index in [9.17, 15) is 4.79 Å². The Morgan fingerprint density at radius 3 is 2.70 bits per heavy atom. The Labute approximate surface area is 168 Å². The van der Waals surface area contributed by atoms with Gasteiger partial charge in [-0.2, -0.15) is 0 Å². The molecule has 3 rings (SSSR count). The summed E-state index contributed by atoms with van der Waals surface area (Å²) in [5, 5.41) is 6.00. The highest BCUT2D eigenvalue weighted by atomic mass is 35.5. The summed E-state index contributed by atoms with van der Waals surface area (Å²) in [6.07, 6.45) is -0.200. The standard InChI is InChI=1S/C19H24ClN3O3S/c1-12-8-23(9-13(2)25-12)10-16-11-27-19(21-16)22-18(24)14(3)26-17-6-4-15(20)5-7-17/h4-7,11-14H,8-10H2,1-3H3,(H,21,22,24)/t12-,13+,14-/m1/s1. The molecule has 1 aliphatic rings. The van der Waals surface area contributed by atoms with Crippen molar-refractivity contribution in [3.63, 3.8) is 0 Å². The van der Waals surface area contributed by atoms with E-state index in [0.29, 0.717) is 15.9 Å². The van der Waals surface area contributed by atoms with Crippen LogP contribution in [-0.2, 0) is 16.1 Å². The molecule has 1 aliphatic heterocycles. The van der Waals surface area contributed by atoms with Crippen LogP contribution in [-0.4, -0.2) is 47.2 Å². The van der Waals surface area contributed by atoms with Crippen LogP contribution in [0.4, 0.5) is 5.13 Å². The molecule has 1 fully saturated rings. The maximum absolute atomic E-state index is 12.3. The van der Waals surface area contributed by atoms with Crippen LogP contribution >= 0.6 is 22.9 Å². The third-order valence-electron chi connectivity index (χ3n) is 4.16. The summed E-state index contributed by atoms with van der Waals surface area (Å²) in [4.78, 5) is 19.2. The largest absolute Gasteiger partial charge is 0.481 e. The summed E-state index contributed by atoms with van der Waals surface area (Å²) in [6, 6.07) is 6.92. The SMILES string of the molecule is C[C@@H]1CN(Cc2csc(NC(=O)[C@@H](C)Oc3ccc(Cl)cc3)n2)C[C@H](C)O1. The highest BCUT2D eigenvalue weighted by Crippen LogP contribution is 2.21. The first-order valence-corrected chi connectivity index (χ1v) is 10.2. The molecular formula is C19H24ClN3O3S. The fourth-order valence-electron chi connectivity index (χ4n) is 3.06. The maximum Gasteiger partial charge on any atom is 0.266 e. The van der Waals surface area contributed by atoms with Gasteiger partial charge >= 0.3 is 0 Å². The molecule has 1 N–H and O–H groups in total. The number of anilines is 1. The zero-order valence-electron chi connectivity index (χ0n) is 15.6. The molecule has 0 spiro atoms. The van der Waals surface area contributed by atoms with E-state index in [1.807, 2.05) is 5.38 Å². The predicted octanol–water partition coefficient (Wildman–Crippen LogP) is 3.81. The van der Waals surface area contributed by atoms with Crippen molar-refractivity contribution in [2.24, 2.45) is 0 Å². The number of nitrogens with zero attached hydrogens (tertiary/aromatic N) is 2. The molecule has 6 nitrogen and oxygen atoms in total. The van der Waals surface area contributed by atoms with E-state index in [0.717, 1.165) is 25.3 Å². The molecule has 146 valence electrons. The number of nitrogens with one attached hydrogen (secondary N) is 1. The fourth-order valence-corrected chi connectivity index (χ4v) is 3.89. The topological polar surface area (TPSA) is 63.7 Å².